The normalized spacial score (nSPS) is 18.3. The Kier molecular flexibility index (Phi) is 6.33. The molecule has 2 aromatic rings. The zero-order valence-corrected chi connectivity index (χ0v) is 17.3. The Balaban J connectivity index is 0.00000196. The molecule has 1 atom stereocenters. The first-order chi connectivity index (χ1) is 12.3. The second-order valence-electron chi connectivity index (χ2n) is 6.50. The van der Waals surface area contributed by atoms with Crippen LogP contribution in [0.2, 0.25) is 0 Å². The summed E-state index contributed by atoms with van der Waals surface area (Å²) in [6.45, 7) is 2.35. The molecular formula is C18H25IN6O. The van der Waals surface area contributed by atoms with Gasteiger partial charge in [0.05, 0.1) is 13.1 Å². The van der Waals surface area contributed by atoms with Crippen LogP contribution < -0.4 is 15.4 Å². The average molecular weight is 468 g/mol. The van der Waals surface area contributed by atoms with Crippen molar-refractivity contribution in [3.05, 3.63) is 41.5 Å². The van der Waals surface area contributed by atoms with E-state index in [0.29, 0.717) is 13.1 Å². The van der Waals surface area contributed by atoms with E-state index in [4.69, 9.17) is 4.74 Å². The Bertz CT molecular complexity index is 750. The van der Waals surface area contributed by atoms with Gasteiger partial charge in [0.25, 0.3) is 0 Å². The highest BCUT2D eigenvalue weighted by Crippen LogP contribution is 2.27. The first-order valence-corrected chi connectivity index (χ1v) is 8.93. The van der Waals surface area contributed by atoms with Crippen LogP contribution in [0, 0.1) is 0 Å². The summed E-state index contributed by atoms with van der Waals surface area (Å²) in [6.07, 6.45) is 4.50. The van der Waals surface area contributed by atoms with E-state index in [9.17, 15) is 0 Å². The van der Waals surface area contributed by atoms with Gasteiger partial charge in [0.15, 0.2) is 11.8 Å². The zero-order valence-electron chi connectivity index (χ0n) is 14.9. The molecule has 0 saturated carbocycles. The van der Waals surface area contributed by atoms with Gasteiger partial charge in [0, 0.05) is 26.4 Å². The smallest absolute Gasteiger partial charge is 0.191 e. The lowest BCUT2D eigenvalue weighted by molar-refractivity contribution is 0.235. The molecule has 0 spiro atoms. The molecule has 140 valence electrons. The van der Waals surface area contributed by atoms with Gasteiger partial charge in [0.2, 0.25) is 0 Å². The lowest BCUT2D eigenvalue weighted by Crippen LogP contribution is -2.42. The van der Waals surface area contributed by atoms with Crippen LogP contribution in [0.4, 0.5) is 0 Å². The SMILES string of the molecule is CN=C(NCc1nnc2n1CCCC2)NCC1Cc2ccccc2O1.I. The molecule has 1 aromatic carbocycles. The molecule has 2 N–H and O–H groups in total. The molecule has 0 radical (unpaired) electrons. The maximum Gasteiger partial charge on any atom is 0.191 e. The number of nitrogens with zero attached hydrogens (tertiary/aromatic N) is 4. The molecule has 1 unspecified atom stereocenters. The van der Waals surface area contributed by atoms with Gasteiger partial charge in [-0.1, -0.05) is 18.2 Å². The molecule has 4 rings (SSSR count). The predicted octanol–water partition coefficient (Wildman–Crippen LogP) is 1.90. The minimum atomic E-state index is 0. The fraction of sp³-hybridized carbons (Fsp3) is 0.500. The van der Waals surface area contributed by atoms with E-state index in [2.05, 4.69) is 42.5 Å². The van der Waals surface area contributed by atoms with E-state index in [1.54, 1.807) is 7.05 Å². The summed E-state index contributed by atoms with van der Waals surface area (Å²) >= 11 is 0. The third-order valence-corrected chi connectivity index (χ3v) is 4.78. The van der Waals surface area contributed by atoms with Gasteiger partial charge in [-0.15, -0.1) is 34.2 Å². The third kappa shape index (κ3) is 4.11. The molecule has 0 bridgehead atoms. The molecule has 3 heterocycles. The number of aliphatic imine (C=N–C) groups is 1. The van der Waals surface area contributed by atoms with Gasteiger partial charge in [-0.25, -0.2) is 0 Å². The Hall–Kier alpha value is -1.84. The van der Waals surface area contributed by atoms with Crippen LogP contribution in [0.3, 0.4) is 0 Å². The van der Waals surface area contributed by atoms with Crippen LogP contribution >= 0.6 is 24.0 Å². The van der Waals surface area contributed by atoms with Crippen molar-refractivity contribution < 1.29 is 4.74 Å². The van der Waals surface area contributed by atoms with Gasteiger partial charge < -0.3 is 19.9 Å². The number of aromatic nitrogens is 3. The molecule has 0 aliphatic carbocycles. The van der Waals surface area contributed by atoms with Crippen molar-refractivity contribution in [2.24, 2.45) is 4.99 Å². The zero-order chi connectivity index (χ0) is 17.1. The largest absolute Gasteiger partial charge is 0.488 e. The number of nitrogens with one attached hydrogen (secondary N) is 2. The van der Waals surface area contributed by atoms with Crippen molar-refractivity contribution in [1.82, 2.24) is 25.4 Å². The second-order valence-corrected chi connectivity index (χ2v) is 6.50. The minimum Gasteiger partial charge on any atom is -0.488 e. The van der Waals surface area contributed by atoms with Crippen LogP contribution in [0.25, 0.3) is 0 Å². The number of hydrogen-bond donors (Lipinski definition) is 2. The van der Waals surface area contributed by atoms with E-state index < -0.39 is 0 Å². The monoisotopic (exact) mass is 468 g/mol. The van der Waals surface area contributed by atoms with Crippen LogP contribution in [-0.2, 0) is 25.9 Å². The molecule has 2 aliphatic rings. The van der Waals surface area contributed by atoms with Crippen LogP contribution in [0.1, 0.15) is 30.1 Å². The molecule has 0 saturated heterocycles. The summed E-state index contributed by atoms with van der Waals surface area (Å²) in [6, 6.07) is 8.21. The average Bonchev–Trinajstić information content (AvgIpc) is 3.25. The first kappa shape index (κ1) is 18.9. The van der Waals surface area contributed by atoms with Gasteiger partial charge in [0.1, 0.15) is 17.7 Å². The molecule has 8 heteroatoms. The van der Waals surface area contributed by atoms with E-state index in [0.717, 1.165) is 42.7 Å². The van der Waals surface area contributed by atoms with E-state index in [1.807, 2.05) is 12.1 Å². The number of rotatable bonds is 4. The molecule has 0 fully saturated rings. The quantitative estimate of drug-likeness (QED) is 0.408. The predicted molar refractivity (Wildman–Crippen MR) is 111 cm³/mol. The lowest BCUT2D eigenvalue weighted by Gasteiger charge is -2.17. The highest BCUT2D eigenvalue weighted by atomic mass is 127. The van der Waals surface area contributed by atoms with Gasteiger partial charge in [-0.3, -0.25) is 4.99 Å². The van der Waals surface area contributed by atoms with Crippen LogP contribution in [0.5, 0.6) is 5.75 Å². The molecule has 0 amide bonds. The Labute approximate surface area is 170 Å². The van der Waals surface area contributed by atoms with Crippen molar-refractivity contribution in [1.29, 1.82) is 0 Å². The van der Waals surface area contributed by atoms with Crippen LogP contribution in [0.15, 0.2) is 29.3 Å². The van der Waals surface area contributed by atoms with E-state index >= 15 is 0 Å². The molecular weight excluding hydrogens is 443 g/mol. The fourth-order valence-corrected chi connectivity index (χ4v) is 3.46. The topological polar surface area (TPSA) is 76.4 Å². The number of hydrogen-bond acceptors (Lipinski definition) is 4. The highest BCUT2D eigenvalue weighted by molar-refractivity contribution is 14.0. The summed E-state index contributed by atoms with van der Waals surface area (Å²) < 4.78 is 8.18. The first-order valence-electron chi connectivity index (χ1n) is 8.93. The molecule has 26 heavy (non-hydrogen) atoms. The number of halogens is 1. The Morgan fingerprint density at radius 2 is 2.15 bits per heavy atom. The number of aryl methyl sites for hydroxylation is 1. The standard InChI is InChI=1S/C18H24N6O.HI/c1-19-18(20-11-14-10-13-6-2-3-7-15(13)25-14)21-12-17-23-22-16-8-4-5-9-24(16)17;/h2-3,6-7,14H,4-5,8-12H2,1H3,(H2,19,20,21);1H. The summed E-state index contributed by atoms with van der Waals surface area (Å²) in [5.41, 5.74) is 1.27. The minimum absolute atomic E-state index is 0. The van der Waals surface area contributed by atoms with Crippen molar-refractivity contribution in [2.75, 3.05) is 13.6 Å². The summed E-state index contributed by atoms with van der Waals surface area (Å²) in [5, 5.41) is 15.3. The number of fused-ring (bicyclic) bond motifs is 2. The Morgan fingerprint density at radius 3 is 3.00 bits per heavy atom. The molecule has 2 aliphatic heterocycles. The lowest BCUT2D eigenvalue weighted by atomic mass is 10.1. The maximum absolute atomic E-state index is 5.95. The Morgan fingerprint density at radius 1 is 1.27 bits per heavy atom. The van der Waals surface area contributed by atoms with E-state index in [-0.39, 0.29) is 30.1 Å². The van der Waals surface area contributed by atoms with Gasteiger partial charge >= 0.3 is 0 Å². The summed E-state index contributed by atoms with van der Waals surface area (Å²) in [5.74, 6) is 3.82. The van der Waals surface area contributed by atoms with Crippen molar-refractivity contribution in [2.45, 2.75) is 44.9 Å². The van der Waals surface area contributed by atoms with Crippen molar-refractivity contribution in [3.8, 4) is 5.75 Å². The molecule has 1 aromatic heterocycles. The second kappa shape index (κ2) is 8.70. The summed E-state index contributed by atoms with van der Waals surface area (Å²) in [7, 11) is 1.78. The van der Waals surface area contributed by atoms with Gasteiger partial charge in [-0.2, -0.15) is 0 Å². The van der Waals surface area contributed by atoms with Crippen LogP contribution in [-0.4, -0.2) is 40.4 Å². The summed E-state index contributed by atoms with van der Waals surface area (Å²) in [4.78, 5) is 4.29. The number of benzene rings is 1. The third-order valence-electron chi connectivity index (χ3n) is 4.78. The number of guanidine groups is 1. The van der Waals surface area contributed by atoms with Crippen molar-refractivity contribution in [3.63, 3.8) is 0 Å². The number of ether oxygens (including phenoxy) is 1. The van der Waals surface area contributed by atoms with Crippen molar-refractivity contribution >= 4 is 29.9 Å². The maximum atomic E-state index is 5.95. The molecule has 7 nitrogen and oxygen atoms in total. The highest BCUT2D eigenvalue weighted by Gasteiger charge is 2.22. The van der Waals surface area contributed by atoms with E-state index in [1.165, 1.54) is 18.4 Å². The fourth-order valence-electron chi connectivity index (χ4n) is 3.46. The van der Waals surface area contributed by atoms with Gasteiger partial charge in [-0.05, 0) is 24.5 Å². The number of para-hydroxylation sites is 1.